The second kappa shape index (κ2) is 3.35. The molecule has 4 heteroatoms. The second-order valence-electron chi connectivity index (χ2n) is 3.67. The van der Waals surface area contributed by atoms with Crippen molar-refractivity contribution >= 4 is 28.3 Å². The summed E-state index contributed by atoms with van der Waals surface area (Å²) in [5.74, 6) is 0.969. The van der Waals surface area contributed by atoms with E-state index in [0.29, 0.717) is 5.28 Å². The minimum Gasteiger partial charge on any atom is -0.356 e. The Balaban J connectivity index is 2.25. The molecular formula is C11H10ClN3. The lowest BCUT2D eigenvalue weighted by Gasteiger charge is -2.32. The number of nitrogens with zero attached hydrogens (tertiary/aromatic N) is 3. The first kappa shape index (κ1) is 8.92. The molecule has 15 heavy (non-hydrogen) atoms. The summed E-state index contributed by atoms with van der Waals surface area (Å²) in [6.07, 6.45) is 1.23. The van der Waals surface area contributed by atoms with Gasteiger partial charge >= 0.3 is 0 Å². The fourth-order valence-corrected chi connectivity index (χ4v) is 1.97. The summed E-state index contributed by atoms with van der Waals surface area (Å²) in [7, 11) is 0. The van der Waals surface area contributed by atoms with Gasteiger partial charge in [0.05, 0.1) is 5.52 Å². The van der Waals surface area contributed by atoms with Crippen molar-refractivity contribution in [2.45, 2.75) is 6.42 Å². The van der Waals surface area contributed by atoms with Crippen LogP contribution < -0.4 is 4.90 Å². The van der Waals surface area contributed by atoms with Crippen LogP contribution in [0.5, 0.6) is 0 Å². The summed E-state index contributed by atoms with van der Waals surface area (Å²) in [6, 6.07) is 7.97. The molecule has 0 bridgehead atoms. The van der Waals surface area contributed by atoms with Crippen LogP contribution in [0, 0.1) is 0 Å². The highest BCUT2D eigenvalue weighted by Gasteiger charge is 2.19. The Morgan fingerprint density at radius 2 is 1.93 bits per heavy atom. The molecule has 1 aromatic carbocycles. The van der Waals surface area contributed by atoms with Crippen molar-refractivity contribution < 1.29 is 0 Å². The summed E-state index contributed by atoms with van der Waals surface area (Å²) < 4.78 is 0. The largest absolute Gasteiger partial charge is 0.356 e. The van der Waals surface area contributed by atoms with Gasteiger partial charge in [-0.1, -0.05) is 12.1 Å². The monoisotopic (exact) mass is 219 g/mol. The molecule has 1 aromatic heterocycles. The van der Waals surface area contributed by atoms with Crippen LogP contribution in [0.3, 0.4) is 0 Å². The van der Waals surface area contributed by atoms with E-state index in [9.17, 15) is 0 Å². The molecule has 2 aromatic rings. The Labute approximate surface area is 92.7 Å². The number of rotatable bonds is 1. The highest BCUT2D eigenvalue weighted by Crippen LogP contribution is 2.27. The van der Waals surface area contributed by atoms with Crippen molar-refractivity contribution in [3.05, 3.63) is 29.5 Å². The minimum absolute atomic E-state index is 0.329. The van der Waals surface area contributed by atoms with Crippen LogP contribution >= 0.6 is 11.6 Å². The zero-order chi connectivity index (χ0) is 10.3. The van der Waals surface area contributed by atoms with Crippen molar-refractivity contribution in [2.24, 2.45) is 0 Å². The SMILES string of the molecule is Clc1nc(N2CCC2)c2ccccc2n1. The summed E-state index contributed by atoms with van der Waals surface area (Å²) in [5.41, 5.74) is 0.916. The Hall–Kier alpha value is -1.35. The van der Waals surface area contributed by atoms with Gasteiger partial charge in [0.25, 0.3) is 0 Å². The van der Waals surface area contributed by atoms with Crippen molar-refractivity contribution in [1.82, 2.24) is 9.97 Å². The van der Waals surface area contributed by atoms with E-state index in [2.05, 4.69) is 14.9 Å². The summed E-state index contributed by atoms with van der Waals surface area (Å²) >= 11 is 5.90. The lowest BCUT2D eigenvalue weighted by atomic mass is 10.1. The molecule has 1 aliphatic rings. The normalized spacial score (nSPS) is 15.4. The fourth-order valence-electron chi connectivity index (χ4n) is 1.80. The first-order chi connectivity index (χ1) is 7.34. The number of anilines is 1. The third kappa shape index (κ3) is 1.43. The molecule has 0 amide bonds. The Bertz CT molecular complexity index is 508. The highest BCUT2D eigenvalue weighted by molar-refractivity contribution is 6.28. The molecule has 0 N–H and O–H groups in total. The van der Waals surface area contributed by atoms with Gasteiger partial charge in [-0.15, -0.1) is 0 Å². The predicted molar refractivity (Wildman–Crippen MR) is 61.4 cm³/mol. The van der Waals surface area contributed by atoms with E-state index in [1.54, 1.807) is 0 Å². The summed E-state index contributed by atoms with van der Waals surface area (Å²) in [6.45, 7) is 2.13. The van der Waals surface area contributed by atoms with E-state index < -0.39 is 0 Å². The van der Waals surface area contributed by atoms with Crippen molar-refractivity contribution in [2.75, 3.05) is 18.0 Å². The van der Waals surface area contributed by atoms with Crippen molar-refractivity contribution in [3.63, 3.8) is 0 Å². The molecular weight excluding hydrogens is 210 g/mol. The molecule has 0 spiro atoms. The van der Waals surface area contributed by atoms with Crippen LogP contribution in [0.1, 0.15) is 6.42 Å². The van der Waals surface area contributed by atoms with Gasteiger partial charge < -0.3 is 4.90 Å². The number of aromatic nitrogens is 2. The topological polar surface area (TPSA) is 29.0 Å². The van der Waals surface area contributed by atoms with Crippen LogP contribution in [0.25, 0.3) is 10.9 Å². The molecule has 0 atom stereocenters. The second-order valence-corrected chi connectivity index (χ2v) is 4.01. The third-order valence-electron chi connectivity index (χ3n) is 2.71. The van der Waals surface area contributed by atoms with E-state index in [-0.39, 0.29) is 0 Å². The van der Waals surface area contributed by atoms with Crippen molar-refractivity contribution in [1.29, 1.82) is 0 Å². The molecule has 2 heterocycles. The molecule has 3 nitrogen and oxygen atoms in total. The number of halogens is 1. The summed E-state index contributed by atoms with van der Waals surface area (Å²) in [4.78, 5) is 10.7. The number of para-hydroxylation sites is 1. The molecule has 76 valence electrons. The van der Waals surface area contributed by atoms with E-state index in [4.69, 9.17) is 11.6 Å². The van der Waals surface area contributed by atoms with Gasteiger partial charge in [-0.2, -0.15) is 4.98 Å². The zero-order valence-corrected chi connectivity index (χ0v) is 8.91. The third-order valence-corrected chi connectivity index (χ3v) is 2.88. The van der Waals surface area contributed by atoms with Gasteiger partial charge in [-0.3, -0.25) is 0 Å². The Morgan fingerprint density at radius 3 is 2.67 bits per heavy atom. The van der Waals surface area contributed by atoms with Gasteiger partial charge in [0, 0.05) is 18.5 Å². The maximum absolute atomic E-state index is 5.90. The van der Waals surface area contributed by atoms with Crippen LogP contribution in [-0.2, 0) is 0 Å². The van der Waals surface area contributed by atoms with Gasteiger partial charge in [0.2, 0.25) is 5.28 Å². The fraction of sp³-hybridized carbons (Fsp3) is 0.273. The minimum atomic E-state index is 0.329. The van der Waals surface area contributed by atoms with Gasteiger partial charge in [-0.25, -0.2) is 4.98 Å². The molecule has 0 aliphatic carbocycles. The first-order valence-electron chi connectivity index (χ1n) is 5.02. The number of benzene rings is 1. The van der Waals surface area contributed by atoms with Crippen LogP contribution in [-0.4, -0.2) is 23.1 Å². The predicted octanol–water partition coefficient (Wildman–Crippen LogP) is 2.49. The van der Waals surface area contributed by atoms with Crippen LogP contribution in [0.2, 0.25) is 5.28 Å². The first-order valence-corrected chi connectivity index (χ1v) is 5.39. The lowest BCUT2D eigenvalue weighted by molar-refractivity contribution is 0.611. The van der Waals surface area contributed by atoms with Crippen molar-refractivity contribution in [3.8, 4) is 0 Å². The average Bonchev–Trinajstić information content (AvgIpc) is 2.14. The lowest BCUT2D eigenvalue weighted by Crippen LogP contribution is -2.37. The molecule has 0 unspecified atom stereocenters. The van der Waals surface area contributed by atoms with Crippen LogP contribution in [0.4, 0.5) is 5.82 Å². The van der Waals surface area contributed by atoms with E-state index in [0.717, 1.165) is 29.8 Å². The van der Waals surface area contributed by atoms with E-state index >= 15 is 0 Å². The number of hydrogen-bond donors (Lipinski definition) is 0. The molecule has 3 rings (SSSR count). The zero-order valence-electron chi connectivity index (χ0n) is 8.15. The maximum Gasteiger partial charge on any atom is 0.224 e. The molecule has 0 radical (unpaired) electrons. The van der Waals surface area contributed by atoms with Gasteiger partial charge in [-0.05, 0) is 30.2 Å². The van der Waals surface area contributed by atoms with Gasteiger partial charge in [0.1, 0.15) is 5.82 Å². The van der Waals surface area contributed by atoms with E-state index in [1.807, 2.05) is 24.3 Å². The molecule has 1 aliphatic heterocycles. The summed E-state index contributed by atoms with van der Waals surface area (Å²) in [5, 5.41) is 1.41. The Kier molecular flexibility index (Phi) is 1.99. The quantitative estimate of drug-likeness (QED) is 0.690. The van der Waals surface area contributed by atoms with Crippen LogP contribution in [0.15, 0.2) is 24.3 Å². The maximum atomic E-state index is 5.90. The average molecular weight is 220 g/mol. The highest BCUT2D eigenvalue weighted by atomic mass is 35.5. The Morgan fingerprint density at radius 1 is 1.13 bits per heavy atom. The molecule has 0 saturated carbocycles. The van der Waals surface area contributed by atoms with E-state index in [1.165, 1.54) is 6.42 Å². The smallest absolute Gasteiger partial charge is 0.224 e. The number of hydrogen-bond acceptors (Lipinski definition) is 3. The molecule has 1 saturated heterocycles. The molecule has 1 fully saturated rings. The standard InChI is InChI=1S/C11H10ClN3/c12-11-13-9-5-2-1-4-8(9)10(14-11)15-6-3-7-15/h1-2,4-5H,3,6-7H2. The van der Waals surface area contributed by atoms with Gasteiger partial charge in [0.15, 0.2) is 0 Å². The number of fused-ring (bicyclic) bond motifs is 1.